The highest BCUT2D eigenvalue weighted by atomic mass is 15.2. The predicted octanol–water partition coefficient (Wildman–Crippen LogP) is 3.08. The third-order valence-electron chi connectivity index (χ3n) is 5.30. The standard InChI is InChI=1S/C18H25N3/c1-15(17-6-2-5-16(11-17)12-19)21-10-4-8-18(14-21)7-3-9-20-13-18/h2,5-6,11,15,20H,3-4,7-10,13-14H2,1H3. The topological polar surface area (TPSA) is 39.1 Å². The quantitative estimate of drug-likeness (QED) is 0.906. The number of hydrogen-bond donors (Lipinski definition) is 1. The Morgan fingerprint density at radius 3 is 2.95 bits per heavy atom. The van der Waals surface area contributed by atoms with Crippen molar-refractivity contribution in [3.63, 3.8) is 0 Å². The van der Waals surface area contributed by atoms with Gasteiger partial charge < -0.3 is 5.32 Å². The molecule has 2 aliphatic heterocycles. The van der Waals surface area contributed by atoms with Crippen LogP contribution in [0.25, 0.3) is 0 Å². The normalized spacial score (nSPS) is 28.2. The molecule has 0 aliphatic carbocycles. The summed E-state index contributed by atoms with van der Waals surface area (Å²) in [7, 11) is 0. The van der Waals surface area contributed by atoms with Gasteiger partial charge in [0.15, 0.2) is 0 Å². The molecule has 1 aromatic rings. The van der Waals surface area contributed by atoms with Gasteiger partial charge in [-0.05, 0) is 68.8 Å². The first-order valence-corrected chi connectivity index (χ1v) is 8.17. The van der Waals surface area contributed by atoms with Gasteiger partial charge in [-0.15, -0.1) is 0 Å². The van der Waals surface area contributed by atoms with E-state index in [9.17, 15) is 0 Å². The molecule has 2 heterocycles. The molecule has 21 heavy (non-hydrogen) atoms. The molecule has 0 saturated carbocycles. The molecule has 2 aliphatic rings. The average molecular weight is 283 g/mol. The molecule has 0 amide bonds. The van der Waals surface area contributed by atoms with Crippen LogP contribution in [0.15, 0.2) is 24.3 Å². The van der Waals surface area contributed by atoms with Gasteiger partial charge in [-0.25, -0.2) is 0 Å². The minimum atomic E-state index is 0.400. The molecule has 1 aromatic carbocycles. The van der Waals surface area contributed by atoms with Crippen LogP contribution < -0.4 is 5.32 Å². The molecule has 0 aromatic heterocycles. The maximum Gasteiger partial charge on any atom is 0.0991 e. The van der Waals surface area contributed by atoms with Crippen LogP contribution in [0.4, 0.5) is 0 Å². The maximum absolute atomic E-state index is 9.08. The van der Waals surface area contributed by atoms with Crippen molar-refractivity contribution in [3.05, 3.63) is 35.4 Å². The van der Waals surface area contributed by atoms with Crippen molar-refractivity contribution in [3.8, 4) is 6.07 Å². The number of nitrogens with zero attached hydrogens (tertiary/aromatic N) is 2. The second-order valence-electron chi connectivity index (χ2n) is 6.77. The molecule has 3 rings (SSSR count). The fourth-order valence-corrected chi connectivity index (χ4v) is 4.03. The highest BCUT2D eigenvalue weighted by Gasteiger charge is 2.37. The van der Waals surface area contributed by atoms with Gasteiger partial charge >= 0.3 is 0 Å². The molecule has 2 atom stereocenters. The summed E-state index contributed by atoms with van der Waals surface area (Å²) in [6.45, 7) is 7.01. The lowest BCUT2D eigenvalue weighted by molar-refractivity contribution is 0.0416. The van der Waals surface area contributed by atoms with Crippen LogP contribution in [-0.2, 0) is 0 Å². The molecule has 3 nitrogen and oxygen atoms in total. The van der Waals surface area contributed by atoms with E-state index in [1.165, 1.54) is 57.4 Å². The average Bonchev–Trinajstić information content (AvgIpc) is 2.55. The van der Waals surface area contributed by atoms with E-state index in [1.54, 1.807) is 0 Å². The Hall–Kier alpha value is -1.37. The summed E-state index contributed by atoms with van der Waals surface area (Å²) in [6.07, 6.45) is 5.33. The second kappa shape index (κ2) is 6.17. The van der Waals surface area contributed by atoms with Crippen molar-refractivity contribution in [2.75, 3.05) is 26.2 Å². The van der Waals surface area contributed by atoms with Gasteiger partial charge in [0.2, 0.25) is 0 Å². The summed E-state index contributed by atoms with van der Waals surface area (Å²) in [5.41, 5.74) is 2.53. The Morgan fingerprint density at radius 1 is 1.33 bits per heavy atom. The number of rotatable bonds is 2. The largest absolute Gasteiger partial charge is 0.316 e. The van der Waals surface area contributed by atoms with E-state index in [1.807, 2.05) is 18.2 Å². The van der Waals surface area contributed by atoms with Crippen LogP contribution in [0.3, 0.4) is 0 Å². The zero-order chi connectivity index (χ0) is 14.7. The Labute approximate surface area is 128 Å². The number of piperidine rings is 2. The molecular formula is C18H25N3. The van der Waals surface area contributed by atoms with Gasteiger partial charge in [0.05, 0.1) is 11.6 Å². The lowest BCUT2D eigenvalue weighted by Crippen LogP contribution is -2.51. The van der Waals surface area contributed by atoms with Gasteiger partial charge in [-0.3, -0.25) is 4.90 Å². The van der Waals surface area contributed by atoms with E-state index >= 15 is 0 Å². The fraction of sp³-hybridized carbons (Fsp3) is 0.611. The highest BCUT2D eigenvalue weighted by molar-refractivity contribution is 5.34. The van der Waals surface area contributed by atoms with Crippen molar-refractivity contribution < 1.29 is 0 Å². The smallest absolute Gasteiger partial charge is 0.0991 e. The van der Waals surface area contributed by atoms with Crippen LogP contribution in [0.1, 0.15) is 49.8 Å². The van der Waals surface area contributed by atoms with Crippen LogP contribution in [-0.4, -0.2) is 31.1 Å². The Bertz CT molecular complexity index is 520. The Morgan fingerprint density at radius 2 is 2.19 bits per heavy atom. The highest BCUT2D eigenvalue weighted by Crippen LogP contribution is 2.38. The Kier molecular flexibility index (Phi) is 4.28. The number of hydrogen-bond acceptors (Lipinski definition) is 3. The van der Waals surface area contributed by atoms with Gasteiger partial charge in [-0.2, -0.15) is 5.26 Å². The van der Waals surface area contributed by atoms with E-state index < -0.39 is 0 Å². The lowest BCUT2D eigenvalue weighted by atomic mass is 9.74. The third-order valence-corrected chi connectivity index (χ3v) is 5.30. The first-order chi connectivity index (χ1) is 10.2. The van der Waals surface area contributed by atoms with E-state index in [-0.39, 0.29) is 0 Å². The molecular weight excluding hydrogens is 258 g/mol. The zero-order valence-corrected chi connectivity index (χ0v) is 12.9. The Balaban J connectivity index is 1.74. The van der Waals surface area contributed by atoms with Crippen molar-refractivity contribution >= 4 is 0 Å². The molecule has 1 spiro atoms. The summed E-state index contributed by atoms with van der Waals surface area (Å²) in [5.74, 6) is 0. The van der Waals surface area contributed by atoms with E-state index in [2.05, 4.69) is 29.3 Å². The van der Waals surface area contributed by atoms with Crippen LogP contribution >= 0.6 is 0 Å². The molecule has 2 unspecified atom stereocenters. The molecule has 0 bridgehead atoms. The summed E-state index contributed by atoms with van der Waals surface area (Å²) >= 11 is 0. The second-order valence-corrected chi connectivity index (χ2v) is 6.77. The van der Waals surface area contributed by atoms with Gasteiger partial charge in [0, 0.05) is 19.1 Å². The van der Waals surface area contributed by atoms with Crippen molar-refractivity contribution in [2.24, 2.45) is 5.41 Å². The van der Waals surface area contributed by atoms with E-state index in [0.717, 1.165) is 5.56 Å². The molecule has 0 radical (unpaired) electrons. The molecule has 112 valence electrons. The number of benzene rings is 1. The van der Waals surface area contributed by atoms with Crippen molar-refractivity contribution in [2.45, 2.75) is 38.6 Å². The molecule has 2 fully saturated rings. The zero-order valence-electron chi connectivity index (χ0n) is 12.9. The summed E-state index contributed by atoms with van der Waals surface area (Å²) in [4.78, 5) is 2.62. The van der Waals surface area contributed by atoms with Crippen LogP contribution in [0.2, 0.25) is 0 Å². The maximum atomic E-state index is 9.08. The monoisotopic (exact) mass is 283 g/mol. The van der Waals surface area contributed by atoms with Gasteiger partial charge in [0.25, 0.3) is 0 Å². The fourth-order valence-electron chi connectivity index (χ4n) is 4.03. The number of nitriles is 1. The van der Waals surface area contributed by atoms with Crippen LogP contribution in [0.5, 0.6) is 0 Å². The molecule has 1 N–H and O–H groups in total. The first-order valence-electron chi connectivity index (χ1n) is 8.17. The summed E-state index contributed by atoms with van der Waals surface area (Å²) in [6, 6.07) is 10.8. The van der Waals surface area contributed by atoms with Crippen LogP contribution in [0, 0.1) is 16.7 Å². The van der Waals surface area contributed by atoms with Gasteiger partial charge in [0.1, 0.15) is 0 Å². The summed E-state index contributed by atoms with van der Waals surface area (Å²) in [5, 5.41) is 12.7. The first kappa shape index (κ1) is 14.6. The predicted molar refractivity (Wildman–Crippen MR) is 84.9 cm³/mol. The molecule has 2 saturated heterocycles. The summed E-state index contributed by atoms with van der Waals surface area (Å²) < 4.78 is 0. The number of likely N-dealkylation sites (tertiary alicyclic amines) is 1. The SMILES string of the molecule is CC(c1cccc(C#N)c1)N1CCCC2(CCCNC2)C1. The van der Waals surface area contributed by atoms with Gasteiger partial charge in [-0.1, -0.05) is 12.1 Å². The van der Waals surface area contributed by atoms with E-state index in [4.69, 9.17) is 5.26 Å². The van der Waals surface area contributed by atoms with E-state index in [0.29, 0.717) is 11.5 Å². The minimum Gasteiger partial charge on any atom is -0.316 e. The van der Waals surface area contributed by atoms with Crippen molar-refractivity contribution in [1.82, 2.24) is 10.2 Å². The minimum absolute atomic E-state index is 0.400. The third kappa shape index (κ3) is 3.12. The van der Waals surface area contributed by atoms with Crippen molar-refractivity contribution in [1.29, 1.82) is 5.26 Å². The lowest BCUT2D eigenvalue weighted by Gasteiger charge is -2.47. The molecule has 3 heteroatoms. The number of nitrogens with one attached hydrogen (secondary N) is 1.